The van der Waals surface area contributed by atoms with Crippen LogP contribution >= 0.6 is 0 Å². The van der Waals surface area contributed by atoms with Gasteiger partial charge in [-0.1, -0.05) is 12.8 Å². The van der Waals surface area contributed by atoms with E-state index >= 15 is 0 Å². The Bertz CT molecular complexity index is 313. The van der Waals surface area contributed by atoms with E-state index < -0.39 is 5.60 Å². The molecule has 5 heteroatoms. The first-order chi connectivity index (χ1) is 8.91. The summed E-state index contributed by atoms with van der Waals surface area (Å²) in [5.74, 6) is 0. The molecule has 0 radical (unpaired) electrons. The van der Waals surface area contributed by atoms with E-state index in [0.717, 1.165) is 38.8 Å². The summed E-state index contributed by atoms with van der Waals surface area (Å²) in [5, 5.41) is 6.59. The van der Waals surface area contributed by atoms with Crippen LogP contribution in [0, 0.1) is 0 Å². The third kappa shape index (κ3) is 3.83. The fourth-order valence-corrected chi connectivity index (χ4v) is 2.99. The Morgan fingerprint density at radius 3 is 2.58 bits per heavy atom. The van der Waals surface area contributed by atoms with Gasteiger partial charge in [-0.3, -0.25) is 0 Å². The number of hydrogen-bond donors (Lipinski definition) is 2. The van der Waals surface area contributed by atoms with Crippen molar-refractivity contribution in [1.29, 1.82) is 0 Å². The molecule has 110 valence electrons. The van der Waals surface area contributed by atoms with Crippen LogP contribution in [0.2, 0.25) is 0 Å². The van der Waals surface area contributed by atoms with Crippen LogP contribution < -0.4 is 10.6 Å². The van der Waals surface area contributed by atoms with Gasteiger partial charge in [0.25, 0.3) is 0 Å². The third-order valence-electron chi connectivity index (χ3n) is 3.83. The van der Waals surface area contributed by atoms with E-state index in [1.54, 1.807) is 0 Å². The molecule has 2 rings (SSSR count). The van der Waals surface area contributed by atoms with Gasteiger partial charge in [-0.2, -0.15) is 0 Å². The number of ether oxygens (including phenoxy) is 2. The molecule has 2 aliphatic rings. The molecule has 2 N–H and O–H groups in total. The Morgan fingerprint density at radius 1 is 1.37 bits per heavy atom. The molecule has 1 saturated carbocycles. The number of morpholine rings is 1. The van der Waals surface area contributed by atoms with Gasteiger partial charge >= 0.3 is 6.09 Å². The van der Waals surface area contributed by atoms with E-state index in [4.69, 9.17) is 9.47 Å². The lowest BCUT2D eigenvalue weighted by Crippen LogP contribution is -2.64. The van der Waals surface area contributed by atoms with Crippen molar-refractivity contribution in [3.63, 3.8) is 0 Å². The average Bonchev–Trinajstić information content (AvgIpc) is 2.77. The largest absolute Gasteiger partial charge is 0.444 e. The maximum atomic E-state index is 12.1. The van der Waals surface area contributed by atoms with E-state index in [1.165, 1.54) is 0 Å². The van der Waals surface area contributed by atoms with E-state index in [2.05, 4.69) is 10.6 Å². The Labute approximate surface area is 115 Å². The lowest BCUT2D eigenvalue weighted by Gasteiger charge is -2.41. The summed E-state index contributed by atoms with van der Waals surface area (Å²) in [7, 11) is 0. The average molecular weight is 270 g/mol. The molecule has 1 aliphatic carbocycles. The minimum atomic E-state index is -0.458. The van der Waals surface area contributed by atoms with Crippen molar-refractivity contribution in [1.82, 2.24) is 10.6 Å². The lowest BCUT2D eigenvalue weighted by molar-refractivity contribution is 0.0211. The number of rotatable bonds is 2. The highest BCUT2D eigenvalue weighted by Crippen LogP contribution is 2.33. The Morgan fingerprint density at radius 2 is 2.05 bits per heavy atom. The van der Waals surface area contributed by atoms with Crippen molar-refractivity contribution in [3.8, 4) is 0 Å². The second-order valence-corrected chi connectivity index (χ2v) is 6.57. The molecule has 19 heavy (non-hydrogen) atoms. The number of amides is 1. The molecule has 1 amide bonds. The zero-order valence-corrected chi connectivity index (χ0v) is 12.3. The molecular formula is C14H26N2O3. The van der Waals surface area contributed by atoms with Crippen LogP contribution in [0.4, 0.5) is 4.79 Å². The highest BCUT2D eigenvalue weighted by Gasteiger charge is 2.44. The Hall–Kier alpha value is -0.810. The van der Waals surface area contributed by atoms with E-state index in [0.29, 0.717) is 6.61 Å². The maximum Gasteiger partial charge on any atom is 0.408 e. The second kappa shape index (κ2) is 5.67. The fraction of sp³-hybridized carbons (Fsp3) is 0.929. The summed E-state index contributed by atoms with van der Waals surface area (Å²) in [6.45, 7) is 7.92. The van der Waals surface area contributed by atoms with Gasteiger partial charge < -0.3 is 20.1 Å². The summed E-state index contributed by atoms with van der Waals surface area (Å²) in [4.78, 5) is 12.1. The number of carbonyl (C=O) groups excluding carboxylic acids is 1. The van der Waals surface area contributed by atoms with Crippen molar-refractivity contribution >= 4 is 6.09 Å². The summed E-state index contributed by atoms with van der Waals surface area (Å²) < 4.78 is 10.9. The predicted molar refractivity (Wildman–Crippen MR) is 73.2 cm³/mol. The van der Waals surface area contributed by atoms with Gasteiger partial charge in [-0.25, -0.2) is 4.79 Å². The second-order valence-electron chi connectivity index (χ2n) is 6.57. The summed E-state index contributed by atoms with van der Waals surface area (Å²) >= 11 is 0. The van der Waals surface area contributed by atoms with Crippen molar-refractivity contribution in [2.24, 2.45) is 0 Å². The first-order valence-corrected chi connectivity index (χ1v) is 7.24. The highest BCUT2D eigenvalue weighted by molar-refractivity contribution is 5.69. The van der Waals surface area contributed by atoms with Gasteiger partial charge in [0.1, 0.15) is 5.60 Å². The van der Waals surface area contributed by atoms with Gasteiger partial charge in [-0.15, -0.1) is 0 Å². The molecule has 1 saturated heterocycles. The first kappa shape index (κ1) is 14.6. The minimum Gasteiger partial charge on any atom is -0.444 e. The fourth-order valence-electron chi connectivity index (χ4n) is 2.99. The topological polar surface area (TPSA) is 59.6 Å². The lowest BCUT2D eigenvalue weighted by atomic mass is 9.88. The Balaban J connectivity index is 2.00. The molecular weight excluding hydrogens is 244 g/mol. The summed E-state index contributed by atoms with van der Waals surface area (Å²) in [6, 6.07) is 0.191. The monoisotopic (exact) mass is 270 g/mol. The van der Waals surface area contributed by atoms with Crippen LogP contribution in [0.15, 0.2) is 0 Å². The number of hydrogen-bond acceptors (Lipinski definition) is 4. The van der Waals surface area contributed by atoms with Gasteiger partial charge in [0.15, 0.2) is 0 Å². The van der Waals surface area contributed by atoms with Crippen LogP contribution in [0.25, 0.3) is 0 Å². The zero-order valence-electron chi connectivity index (χ0n) is 12.3. The van der Waals surface area contributed by atoms with E-state index in [-0.39, 0.29) is 17.7 Å². The SMILES string of the molecule is CC(C)(C)OC(=O)NC1(C2COCCN2)CCCC1. The molecule has 0 aromatic carbocycles. The molecule has 0 aromatic rings. The maximum absolute atomic E-state index is 12.1. The summed E-state index contributed by atoms with van der Waals surface area (Å²) in [6.07, 6.45) is 3.96. The molecule has 5 nitrogen and oxygen atoms in total. The number of nitrogens with one attached hydrogen (secondary N) is 2. The predicted octanol–water partition coefficient (Wildman–Crippen LogP) is 1.81. The minimum absolute atomic E-state index is 0.191. The first-order valence-electron chi connectivity index (χ1n) is 7.24. The molecule has 1 heterocycles. The van der Waals surface area contributed by atoms with Gasteiger partial charge in [0, 0.05) is 6.54 Å². The van der Waals surface area contributed by atoms with Gasteiger partial charge in [-0.05, 0) is 33.6 Å². The van der Waals surface area contributed by atoms with Crippen LogP contribution in [0.3, 0.4) is 0 Å². The molecule has 1 aliphatic heterocycles. The number of carbonyl (C=O) groups is 1. The molecule has 2 fully saturated rings. The Kier molecular flexibility index (Phi) is 4.36. The third-order valence-corrected chi connectivity index (χ3v) is 3.83. The standard InChI is InChI=1S/C14H26N2O3/c1-13(2,3)19-12(17)16-14(6-4-5-7-14)11-10-18-9-8-15-11/h11,15H,4-10H2,1-3H3,(H,16,17). The molecule has 0 bridgehead atoms. The van der Waals surface area contributed by atoms with Crippen LogP contribution in [-0.4, -0.2) is 43.0 Å². The highest BCUT2D eigenvalue weighted by atomic mass is 16.6. The van der Waals surface area contributed by atoms with Crippen LogP contribution in [-0.2, 0) is 9.47 Å². The zero-order chi connectivity index (χ0) is 13.9. The van der Waals surface area contributed by atoms with E-state index in [9.17, 15) is 4.79 Å². The summed E-state index contributed by atoms with van der Waals surface area (Å²) in [5.41, 5.74) is -0.664. The molecule has 1 atom stereocenters. The van der Waals surface area contributed by atoms with Crippen LogP contribution in [0.5, 0.6) is 0 Å². The quantitative estimate of drug-likeness (QED) is 0.803. The van der Waals surface area contributed by atoms with Crippen molar-refractivity contribution < 1.29 is 14.3 Å². The van der Waals surface area contributed by atoms with Crippen molar-refractivity contribution in [3.05, 3.63) is 0 Å². The van der Waals surface area contributed by atoms with Crippen molar-refractivity contribution in [2.75, 3.05) is 19.8 Å². The molecule has 0 aromatic heterocycles. The van der Waals surface area contributed by atoms with Crippen molar-refractivity contribution in [2.45, 2.75) is 63.6 Å². The smallest absolute Gasteiger partial charge is 0.408 e. The van der Waals surface area contributed by atoms with Crippen LogP contribution in [0.1, 0.15) is 46.5 Å². The molecule has 0 spiro atoms. The normalized spacial score (nSPS) is 27.0. The number of alkyl carbamates (subject to hydrolysis) is 1. The van der Waals surface area contributed by atoms with Gasteiger partial charge in [0.2, 0.25) is 0 Å². The van der Waals surface area contributed by atoms with E-state index in [1.807, 2.05) is 20.8 Å². The molecule has 1 unspecified atom stereocenters. The van der Waals surface area contributed by atoms with Gasteiger partial charge in [0.05, 0.1) is 24.8 Å².